The van der Waals surface area contributed by atoms with E-state index in [4.69, 9.17) is 17.3 Å². The standard InChI is InChI=1S/C17H20ClFN4O/c1-4-23(3)16-9-15(21-2)14(20)8-11(16)17(24)22-10-5-6-13(19)12(18)7-10/h5-9,21H,4,20H2,1-3H3,(H,22,24). The molecule has 0 saturated heterocycles. The summed E-state index contributed by atoms with van der Waals surface area (Å²) < 4.78 is 13.2. The van der Waals surface area contributed by atoms with Crippen LogP contribution >= 0.6 is 11.6 Å². The molecule has 1 amide bonds. The van der Waals surface area contributed by atoms with Gasteiger partial charge in [0.2, 0.25) is 0 Å². The molecule has 24 heavy (non-hydrogen) atoms. The van der Waals surface area contributed by atoms with Crippen molar-refractivity contribution in [2.45, 2.75) is 6.92 Å². The lowest BCUT2D eigenvalue weighted by Crippen LogP contribution is -2.22. The minimum Gasteiger partial charge on any atom is -0.397 e. The SMILES string of the molecule is CCN(C)c1cc(NC)c(N)cc1C(=O)Nc1ccc(F)c(Cl)c1. The Labute approximate surface area is 145 Å². The highest BCUT2D eigenvalue weighted by Gasteiger charge is 2.17. The number of nitrogens with two attached hydrogens (primary N) is 1. The molecule has 0 fully saturated rings. The molecule has 0 saturated carbocycles. The van der Waals surface area contributed by atoms with Crippen LogP contribution in [0.3, 0.4) is 0 Å². The number of carbonyl (C=O) groups excluding carboxylic acids is 1. The van der Waals surface area contributed by atoms with Gasteiger partial charge in [-0.2, -0.15) is 0 Å². The fraction of sp³-hybridized carbons (Fsp3) is 0.235. The van der Waals surface area contributed by atoms with Gasteiger partial charge in [-0.25, -0.2) is 4.39 Å². The van der Waals surface area contributed by atoms with E-state index in [-0.39, 0.29) is 10.9 Å². The van der Waals surface area contributed by atoms with Crippen molar-refractivity contribution < 1.29 is 9.18 Å². The number of carbonyl (C=O) groups is 1. The molecule has 0 unspecified atom stereocenters. The fourth-order valence-electron chi connectivity index (χ4n) is 2.26. The maximum Gasteiger partial charge on any atom is 0.257 e. The van der Waals surface area contributed by atoms with Crippen LogP contribution in [-0.4, -0.2) is 26.5 Å². The van der Waals surface area contributed by atoms with E-state index < -0.39 is 5.82 Å². The number of anilines is 4. The van der Waals surface area contributed by atoms with Crippen LogP contribution in [0.4, 0.5) is 27.1 Å². The van der Waals surface area contributed by atoms with Gasteiger partial charge in [0.05, 0.1) is 27.6 Å². The van der Waals surface area contributed by atoms with Gasteiger partial charge in [0.1, 0.15) is 5.82 Å². The number of rotatable bonds is 5. The maximum atomic E-state index is 13.2. The maximum absolute atomic E-state index is 13.2. The molecular weight excluding hydrogens is 331 g/mol. The van der Waals surface area contributed by atoms with E-state index in [1.54, 1.807) is 13.1 Å². The average molecular weight is 351 g/mol. The van der Waals surface area contributed by atoms with Crippen LogP contribution in [0, 0.1) is 5.82 Å². The zero-order chi connectivity index (χ0) is 17.9. The summed E-state index contributed by atoms with van der Waals surface area (Å²) >= 11 is 5.75. The summed E-state index contributed by atoms with van der Waals surface area (Å²) in [6, 6.07) is 7.46. The van der Waals surface area contributed by atoms with Crippen LogP contribution in [0.15, 0.2) is 30.3 Å². The molecule has 0 radical (unpaired) electrons. The Morgan fingerprint density at radius 3 is 2.62 bits per heavy atom. The molecule has 0 spiro atoms. The van der Waals surface area contributed by atoms with Crippen molar-refractivity contribution in [2.75, 3.05) is 41.9 Å². The lowest BCUT2D eigenvalue weighted by atomic mass is 10.1. The summed E-state index contributed by atoms with van der Waals surface area (Å²) in [7, 11) is 3.65. The summed E-state index contributed by atoms with van der Waals surface area (Å²) in [5.74, 6) is -0.883. The number of hydrogen-bond donors (Lipinski definition) is 3. The smallest absolute Gasteiger partial charge is 0.257 e. The molecule has 2 aromatic rings. The largest absolute Gasteiger partial charge is 0.397 e. The Hall–Kier alpha value is -2.47. The molecule has 2 aromatic carbocycles. The quantitative estimate of drug-likeness (QED) is 0.717. The molecule has 0 aliphatic rings. The van der Waals surface area contributed by atoms with Gasteiger partial charge in [-0.05, 0) is 37.3 Å². The summed E-state index contributed by atoms with van der Waals surface area (Å²) in [5.41, 5.74) is 8.77. The molecule has 4 N–H and O–H groups in total. The summed E-state index contributed by atoms with van der Waals surface area (Å²) in [5, 5.41) is 5.67. The highest BCUT2D eigenvalue weighted by Crippen LogP contribution is 2.30. The van der Waals surface area contributed by atoms with Crippen LogP contribution in [0.1, 0.15) is 17.3 Å². The van der Waals surface area contributed by atoms with Gasteiger partial charge in [0, 0.05) is 26.3 Å². The molecule has 0 heterocycles. The summed E-state index contributed by atoms with van der Waals surface area (Å²) in [6.07, 6.45) is 0. The number of amides is 1. The Kier molecular flexibility index (Phi) is 5.51. The van der Waals surface area contributed by atoms with Crippen molar-refractivity contribution in [1.29, 1.82) is 0 Å². The zero-order valence-corrected chi connectivity index (χ0v) is 14.5. The molecule has 0 aliphatic heterocycles. The molecule has 2 rings (SSSR count). The van der Waals surface area contributed by atoms with E-state index in [0.29, 0.717) is 16.9 Å². The van der Waals surface area contributed by atoms with E-state index in [1.165, 1.54) is 18.2 Å². The Morgan fingerprint density at radius 1 is 1.33 bits per heavy atom. The van der Waals surface area contributed by atoms with Gasteiger partial charge < -0.3 is 21.3 Å². The van der Waals surface area contributed by atoms with Gasteiger partial charge in [-0.3, -0.25) is 4.79 Å². The molecule has 0 aromatic heterocycles. The van der Waals surface area contributed by atoms with Gasteiger partial charge in [0.25, 0.3) is 5.91 Å². The second kappa shape index (κ2) is 7.40. The minimum atomic E-state index is -0.538. The molecular formula is C17H20ClFN4O. The van der Waals surface area contributed by atoms with Crippen LogP contribution in [-0.2, 0) is 0 Å². The number of nitrogen functional groups attached to an aromatic ring is 1. The van der Waals surface area contributed by atoms with Crippen molar-refractivity contribution in [2.24, 2.45) is 0 Å². The fourth-order valence-corrected chi connectivity index (χ4v) is 2.44. The third-order valence-electron chi connectivity index (χ3n) is 3.74. The Balaban J connectivity index is 2.40. The Bertz CT molecular complexity index is 766. The first-order valence-electron chi connectivity index (χ1n) is 7.46. The average Bonchev–Trinajstić information content (AvgIpc) is 2.57. The first kappa shape index (κ1) is 17.9. The van der Waals surface area contributed by atoms with Gasteiger partial charge in [-0.15, -0.1) is 0 Å². The number of benzene rings is 2. The van der Waals surface area contributed by atoms with Crippen LogP contribution in [0.5, 0.6) is 0 Å². The summed E-state index contributed by atoms with van der Waals surface area (Å²) in [4.78, 5) is 14.6. The van der Waals surface area contributed by atoms with Gasteiger partial charge in [0.15, 0.2) is 0 Å². The van der Waals surface area contributed by atoms with E-state index in [2.05, 4.69) is 10.6 Å². The van der Waals surface area contributed by atoms with E-state index >= 15 is 0 Å². The van der Waals surface area contributed by atoms with Crippen molar-refractivity contribution in [3.05, 3.63) is 46.7 Å². The van der Waals surface area contributed by atoms with Crippen molar-refractivity contribution >= 4 is 40.3 Å². The number of nitrogens with one attached hydrogen (secondary N) is 2. The zero-order valence-electron chi connectivity index (χ0n) is 13.8. The molecule has 5 nitrogen and oxygen atoms in total. The molecule has 128 valence electrons. The monoisotopic (exact) mass is 350 g/mol. The topological polar surface area (TPSA) is 70.4 Å². The Morgan fingerprint density at radius 2 is 2.04 bits per heavy atom. The van der Waals surface area contributed by atoms with E-state index in [9.17, 15) is 9.18 Å². The van der Waals surface area contributed by atoms with Gasteiger partial charge in [-0.1, -0.05) is 11.6 Å². The molecule has 0 aliphatic carbocycles. The van der Waals surface area contributed by atoms with Crippen molar-refractivity contribution in [3.8, 4) is 0 Å². The minimum absolute atomic E-state index is 0.0521. The number of hydrogen-bond acceptors (Lipinski definition) is 4. The second-order valence-electron chi connectivity index (χ2n) is 5.30. The number of nitrogens with zero attached hydrogens (tertiary/aromatic N) is 1. The highest BCUT2D eigenvalue weighted by molar-refractivity contribution is 6.31. The normalized spacial score (nSPS) is 10.4. The highest BCUT2D eigenvalue weighted by atomic mass is 35.5. The van der Waals surface area contributed by atoms with E-state index in [0.717, 1.165) is 17.9 Å². The first-order valence-corrected chi connectivity index (χ1v) is 7.84. The second-order valence-corrected chi connectivity index (χ2v) is 5.71. The predicted molar refractivity (Wildman–Crippen MR) is 98.7 cm³/mol. The van der Waals surface area contributed by atoms with Crippen LogP contribution < -0.4 is 21.3 Å². The lowest BCUT2D eigenvalue weighted by Gasteiger charge is -2.22. The predicted octanol–water partition coefficient (Wildman–Crippen LogP) is 3.81. The molecule has 7 heteroatoms. The lowest BCUT2D eigenvalue weighted by molar-refractivity contribution is 0.102. The van der Waals surface area contributed by atoms with Crippen molar-refractivity contribution in [1.82, 2.24) is 0 Å². The molecule has 0 atom stereocenters. The number of halogens is 2. The van der Waals surface area contributed by atoms with Crippen molar-refractivity contribution in [3.63, 3.8) is 0 Å². The third-order valence-corrected chi connectivity index (χ3v) is 4.03. The van der Waals surface area contributed by atoms with E-state index in [1.807, 2.05) is 24.9 Å². The third kappa shape index (κ3) is 3.71. The van der Waals surface area contributed by atoms with Crippen LogP contribution in [0.25, 0.3) is 0 Å². The first-order chi connectivity index (χ1) is 11.4. The summed E-state index contributed by atoms with van der Waals surface area (Å²) in [6.45, 7) is 2.70. The molecule has 0 bridgehead atoms. The van der Waals surface area contributed by atoms with Crippen LogP contribution in [0.2, 0.25) is 5.02 Å². The van der Waals surface area contributed by atoms with Gasteiger partial charge >= 0.3 is 0 Å².